The SMILES string of the molecule is CCCCCCCCCCCCCCCCOP(=O)(O)OC(C)N. The first-order valence-electron chi connectivity index (χ1n) is 9.89. The average molecular weight is 365 g/mol. The second-order valence-electron chi connectivity index (χ2n) is 6.71. The molecule has 0 amide bonds. The van der Waals surface area contributed by atoms with Gasteiger partial charge in [-0.05, 0) is 13.3 Å². The molecule has 2 unspecified atom stereocenters. The van der Waals surface area contributed by atoms with Crippen LogP contribution in [-0.2, 0) is 13.6 Å². The fraction of sp³-hybridized carbons (Fsp3) is 1.00. The van der Waals surface area contributed by atoms with Crippen molar-refractivity contribution in [2.45, 2.75) is 110 Å². The Morgan fingerprint density at radius 1 is 0.833 bits per heavy atom. The second kappa shape index (κ2) is 16.5. The molecule has 0 aliphatic heterocycles. The van der Waals surface area contributed by atoms with Gasteiger partial charge in [0.25, 0.3) is 0 Å². The monoisotopic (exact) mass is 365 g/mol. The van der Waals surface area contributed by atoms with Crippen LogP contribution in [0.2, 0.25) is 0 Å². The lowest BCUT2D eigenvalue weighted by atomic mass is 10.0. The molecule has 0 spiro atoms. The lowest BCUT2D eigenvalue weighted by Gasteiger charge is -2.14. The summed E-state index contributed by atoms with van der Waals surface area (Å²) in [5.41, 5.74) is 5.30. The fourth-order valence-corrected chi connectivity index (χ4v) is 3.56. The van der Waals surface area contributed by atoms with Crippen LogP contribution in [0, 0.1) is 0 Å². The highest BCUT2D eigenvalue weighted by Gasteiger charge is 2.22. The third-order valence-electron chi connectivity index (χ3n) is 4.05. The fourth-order valence-electron chi connectivity index (χ4n) is 2.72. The lowest BCUT2D eigenvalue weighted by Crippen LogP contribution is -2.18. The van der Waals surface area contributed by atoms with Crippen LogP contribution in [0.3, 0.4) is 0 Å². The van der Waals surface area contributed by atoms with Crippen molar-refractivity contribution in [3.05, 3.63) is 0 Å². The van der Waals surface area contributed by atoms with Gasteiger partial charge in [0, 0.05) is 0 Å². The highest BCUT2D eigenvalue weighted by atomic mass is 31.2. The van der Waals surface area contributed by atoms with Gasteiger partial charge in [0.2, 0.25) is 0 Å². The van der Waals surface area contributed by atoms with E-state index < -0.39 is 14.1 Å². The third kappa shape index (κ3) is 18.4. The van der Waals surface area contributed by atoms with Crippen LogP contribution in [0.1, 0.15) is 104 Å². The molecule has 6 heteroatoms. The highest BCUT2D eigenvalue weighted by molar-refractivity contribution is 7.47. The Balaban J connectivity index is 3.19. The van der Waals surface area contributed by atoms with Gasteiger partial charge < -0.3 is 10.6 Å². The third-order valence-corrected chi connectivity index (χ3v) is 5.16. The Labute approximate surface area is 149 Å². The first-order chi connectivity index (χ1) is 11.5. The Kier molecular flexibility index (Phi) is 16.6. The lowest BCUT2D eigenvalue weighted by molar-refractivity contribution is 0.114. The van der Waals surface area contributed by atoms with Crippen LogP contribution >= 0.6 is 7.82 Å². The van der Waals surface area contributed by atoms with Gasteiger partial charge in [-0.1, -0.05) is 90.4 Å². The van der Waals surface area contributed by atoms with Crippen molar-refractivity contribution in [3.8, 4) is 0 Å². The quantitative estimate of drug-likeness (QED) is 0.179. The van der Waals surface area contributed by atoms with Crippen LogP contribution in [0.25, 0.3) is 0 Å². The van der Waals surface area contributed by atoms with Gasteiger partial charge in [-0.25, -0.2) is 4.57 Å². The second-order valence-corrected chi connectivity index (χ2v) is 8.11. The van der Waals surface area contributed by atoms with E-state index in [4.69, 9.17) is 10.3 Å². The van der Waals surface area contributed by atoms with Crippen molar-refractivity contribution in [2.75, 3.05) is 6.61 Å². The minimum absolute atomic E-state index is 0.249. The summed E-state index contributed by atoms with van der Waals surface area (Å²) in [5.74, 6) is 0. The molecule has 0 fully saturated rings. The zero-order chi connectivity index (χ0) is 18.1. The van der Waals surface area contributed by atoms with Crippen molar-refractivity contribution >= 4 is 7.82 Å². The molecule has 0 bridgehead atoms. The molecule has 0 saturated heterocycles. The Bertz CT molecular complexity index is 313. The van der Waals surface area contributed by atoms with E-state index in [2.05, 4.69) is 11.4 Å². The number of nitrogens with two attached hydrogens (primary N) is 1. The van der Waals surface area contributed by atoms with Crippen LogP contribution in [0.15, 0.2) is 0 Å². The van der Waals surface area contributed by atoms with E-state index in [0.717, 1.165) is 19.3 Å². The maximum Gasteiger partial charge on any atom is 0.473 e. The summed E-state index contributed by atoms with van der Waals surface area (Å²) in [6.45, 7) is 4.01. The van der Waals surface area contributed by atoms with Crippen LogP contribution < -0.4 is 5.73 Å². The predicted molar refractivity (Wildman–Crippen MR) is 101 cm³/mol. The van der Waals surface area contributed by atoms with Crippen LogP contribution in [0.4, 0.5) is 0 Å². The summed E-state index contributed by atoms with van der Waals surface area (Å²) in [6.07, 6.45) is 17.1. The van der Waals surface area contributed by atoms with Gasteiger partial charge >= 0.3 is 7.82 Å². The number of unbranched alkanes of at least 4 members (excludes halogenated alkanes) is 13. The highest BCUT2D eigenvalue weighted by Crippen LogP contribution is 2.43. The Morgan fingerprint density at radius 3 is 1.58 bits per heavy atom. The van der Waals surface area contributed by atoms with Gasteiger partial charge in [-0.2, -0.15) is 0 Å². The predicted octanol–water partition coefficient (Wildman–Crippen LogP) is 5.91. The zero-order valence-electron chi connectivity index (χ0n) is 15.9. The Hall–Kier alpha value is 0.0700. The summed E-state index contributed by atoms with van der Waals surface area (Å²) >= 11 is 0. The molecule has 0 aliphatic carbocycles. The molecule has 0 aromatic heterocycles. The average Bonchev–Trinajstić information content (AvgIpc) is 2.49. The normalized spacial score (nSPS) is 15.3. The molecule has 3 N–H and O–H groups in total. The maximum atomic E-state index is 11.4. The molecule has 0 aromatic carbocycles. The van der Waals surface area contributed by atoms with E-state index in [-0.39, 0.29) is 6.61 Å². The van der Waals surface area contributed by atoms with Crippen molar-refractivity contribution < 1.29 is 18.5 Å². The number of rotatable bonds is 18. The summed E-state index contributed by atoms with van der Waals surface area (Å²) in [6, 6.07) is 0. The molecule has 146 valence electrons. The molecular weight excluding hydrogens is 325 g/mol. The molecule has 0 rings (SSSR count). The summed E-state index contributed by atoms with van der Waals surface area (Å²) < 4.78 is 20.9. The molecule has 5 nitrogen and oxygen atoms in total. The first-order valence-corrected chi connectivity index (χ1v) is 11.4. The van der Waals surface area contributed by atoms with Gasteiger partial charge in [0.15, 0.2) is 0 Å². The number of hydrogen-bond donors (Lipinski definition) is 2. The standard InChI is InChI=1S/C18H40NO4P/c1-3-4-5-6-7-8-9-10-11-12-13-14-15-16-17-22-24(20,21)23-18(2)19/h18H,3-17,19H2,1-2H3,(H,20,21). The minimum Gasteiger partial charge on any atom is -0.306 e. The summed E-state index contributed by atoms with van der Waals surface area (Å²) in [4.78, 5) is 9.32. The molecule has 0 aromatic rings. The zero-order valence-corrected chi connectivity index (χ0v) is 16.8. The van der Waals surface area contributed by atoms with Crippen LogP contribution in [-0.4, -0.2) is 17.7 Å². The molecule has 0 radical (unpaired) electrons. The Morgan fingerprint density at radius 2 is 1.21 bits per heavy atom. The first kappa shape index (κ1) is 24.1. The van der Waals surface area contributed by atoms with E-state index in [9.17, 15) is 9.46 Å². The smallest absolute Gasteiger partial charge is 0.306 e. The maximum absolute atomic E-state index is 11.4. The van der Waals surface area contributed by atoms with E-state index in [1.807, 2.05) is 0 Å². The number of phosphoric acid groups is 1. The summed E-state index contributed by atoms with van der Waals surface area (Å²) in [7, 11) is -3.96. The molecule has 0 aliphatic rings. The van der Waals surface area contributed by atoms with E-state index in [1.165, 1.54) is 77.6 Å². The topological polar surface area (TPSA) is 81.8 Å². The number of hydrogen-bond acceptors (Lipinski definition) is 4. The van der Waals surface area contributed by atoms with E-state index >= 15 is 0 Å². The minimum atomic E-state index is -3.96. The molecule has 0 saturated carbocycles. The van der Waals surface area contributed by atoms with Crippen molar-refractivity contribution in [3.63, 3.8) is 0 Å². The van der Waals surface area contributed by atoms with Crippen LogP contribution in [0.5, 0.6) is 0 Å². The van der Waals surface area contributed by atoms with Gasteiger partial charge in [0.05, 0.1) is 6.61 Å². The van der Waals surface area contributed by atoms with Gasteiger partial charge in [-0.3, -0.25) is 9.05 Å². The van der Waals surface area contributed by atoms with E-state index in [1.54, 1.807) is 0 Å². The van der Waals surface area contributed by atoms with Crippen molar-refractivity contribution in [1.82, 2.24) is 0 Å². The molecular formula is C18H40NO4P. The largest absolute Gasteiger partial charge is 0.473 e. The van der Waals surface area contributed by atoms with Crippen molar-refractivity contribution in [1.29, 1.82) is 0 Å². The van der Waals surface area contributed by atoms with Crippen molar-refractivity contribution in [2.24, 2.45) is 5.73 Å². The molecule has 2 atom stereocenters. The molecule has 0 heterocycles. The van der Waals surface area contributed by atoms with E-state index in [0.29, 0.717) is 0 Å². The summed E-state index contributed by atoms with van der Waals surface area (Å²) in [5, 5.41) is 0. The molecule has 24 heavy (non-hydrogen) atoms. The number of phosphoric ester groups is 1. The van der Waals surface area contributed by atoms with Gasteiger partial charge in [-0.15, -0.1) is 0 Å². The van der Waals surface area contributed by atoms with Gasteiger partial charge in [0.1, 0.15) is 6.23 Å².